The number of pyridine rings is 1. The molecular formula is C39H25IrN5O-2. The topological polar surface area (TPSA) is 69.6 Å². The van der Waals surface area contributed by atoms with Crippen molar-refractivity contribution in [1.29, 1.82) is 0 Å². The van der Waals surface area contributed by atoms with Gasteiger partial charge in [-0.25, -0.2) is 0 Å². The van der Waals surface area contributed by atoms with E-state index in [1.54, 1.807) is 30.6 Å². The molecule has 0 N–H and O–H groups in total. The van der Waals surface area contributed by atoms with Gasteiger partial charge in [-0.05, 0) is 35.6 Å². The Hall–Kier alpha value is -5.49. The molecule has 0 spiro atoms. The third-order valence-corrected chi connectivity index (χ3v) is 7.68. The van der Waals surface area contributed by atoms with E-state index in [0.29, 0.717) is 0 Å². The Balaban J connectivity index is 0.000000189. The van der Waals surface area contributed by atoms with Crippen LogP contribution in [0, 0.1) is 19.0 Å². The summed E-state index contributed by atoms with van der Waals surface area (Å²) in [6.45, 7) is -2.09. The standard InChI is InChI=1S/C27H15N4O.C12H10N.Ir/c1-2-8-18(9-3-1)31-24-16-29-28-15-23(24)30-27(31)22-12-6-11-20-21-14-13-17-7-4-5-10-19(17)25(21)32-26(20)22;1-10-7-8-12(13-9-10)11-5-3-2-4-6-11;/h1-11,13-16H;2-5,7-9H,1H3;/q2*-1;/i;1D3;. The predicted octanol–water partition coefficient (Wildman–Crippen LogP) is 9.19. The van der Waals surface area contributed by atoms with Crippen molar-refractivity contribution < 1.29 is 28.6 Å². The van der Waals surface area contributed by atoms with Crippen LogP contribution in [0.3, 0.4) is 0 Å². The van der Waals surface area contributed by atoms with Crippen molar-refractivity contribution in [3.63, 3.8) is 0 Å². The first-order chi connectivity index (χ1) is 23.5. The number of imidazole rings is 1. The van der Waals surface area contributed by atoms with Crippen LogP contribution in [-0.2, 0) is 20.1 Å². The van der Waals surface area contributed by atoms with E-state index in [1.807, 2.05) is 54.6 Å². The van der Waals surface area contributed by atoms with Crippen molar-refractivity contribution in [2.24, 2.45) is 0 Å². The van der Waals surface area contributed by atoms with Gasteiger partial charge in [-0.3, -0.25) is 4.98 Å². The van der Waals surface area contributed by atoms with Gasteiger partial charge in [-0.1, -0.05) is 77.7 Å². The molecule has 5 aromatic carbocycles. The normalized spacial score (nSPS) is 12.2. The molecule has 0 fully saturated rings. The van der Waals surface area contributed by atoms with Crippen LogP contribution in [0.25, 0.3) is 72.1 Å². The van der Waals surface area contributed by atoms with Crippen LogP contribution in [0.2, 0.25) is 0 Å². The third kappa shape index (κ3) is 5.26. The number of nitrogens with zero attached hydrogens (tertiary/aromatic N) is 5. The Bertz CT molecular complexity index is 2550. The van der Waals surface area contributed by atoms with Crippen molar-refractivity contribution in [3.05, 3.63) is 152 Å². The molecule has 4 heterocycles. The van der Waals surface area contributed by atoms with Gasteiger partial charge in [0.05, 0.1) is 34.8 Å². The van der Waals surface area contributed by atoms with E-state index in [1.165, 1.54) is 6.20 Å². The summed E-state index contributed by atoms with van der Waals surface area (Å²) in [4.78, 5) is 9.04. The van der Waals surface area contributed by atoms with Gasteiger partial charge >= 0.3 is 0 Å². The Morgan fingerprint density at radius 2 is 1.52 bits per heavy atom. The smallest absolute Gasteiger partial charge is 0.128 e. The van der Waals surface area contributed by atoms with Crippen LogP contribution in [0.5, 0.6) is 0 Å². The van der Waals surface area contributed by atoms with Crippen molar-refractivity contribution in [2.45, 2.75) is 6.85 Å². The molecule has 0 aliphatic carbocycles. The van der Waals surface area contributed by atoms with Gasteiger partial charge in [0, 0.05) is 46.9 Å². The van der Waals surface area contributed by atoms with Crippen LogP contribution >= 0.6 is 0 Å². The molecule has 1 radical (unpaired) electrons. The number of fused-ring (bicyclic) bond motifs is 6. The Kier molecular flexibility index (Phi) is 7.00. The number of aromatic nitrogens is 5. The van der Waals surface area contributed by atoms with Crippen LogP contribution in [0.15, 0.2) is 138 Å². The van der Waals surface area contributed by atoms with Crippen molar-refractivity contribution in [3.8, 4) is 28.3 Å². The van der Waals surface area contributed by atoms with E-state index >= 15 is 0 Å². The molecule has 223 valence electrons. The van der Waals surface area contributed by atoms with E-state index in [0.717, 1.165) is 72.1 Å². The monoisotopic (exact) mass is 775 g/mol. The maximum Gasteiger partial charge on any atom is 0.128 e. The molecule has 0 unspecified atom stereocenters. The number of aryl methyl sites for hydroxylation is 1. The third-order valence-electron chi connectivity index (χ3n) is 7.68. The number of para-hydroxylation sites is 1. The molecule has 46 heavy (non-hydrogen) atoms. The summed E-state index contributed by atoms with van der Waals surface area (Å²) in [6, 6.07) is 43.8. The fraction of sp³-hybridized carbons (Fsp3) is 0.0256. The van der Waals surface area contributed by atoms with Gasteiger partial charge in [-0.2, -0.15) is 10.2 Å². The first kappa shape index (κ1) is 25.8. The molecule has 0 atom stereocenters. The van der Waals surface area contributed by atoms with Crippen molar-refractivity contribution in [1.82, 2.24) is 24.7 Å². The SMILES string of the molecule is [2H]C([2H])([2H])c1ccc(-c2[c-]cccc2)nc1.[Ir].[c-]1ccc2c(oc3c4ccccc4ccc23)c1-c1nc2cnncc2n1-c1ccccc1. The van der Waals surface area contributed by atoms with E-state index < -0.39 is 6.85 Å². The minimum atomic E-state index is -2.09. The van der Waals surface area contributed by atoms with Crippen molar-refractivity contribution in [2.75, 3.05) is 0 Å². The van der Waals surface area contributed by atoms with Gasteiger partial charge in [0.1, 0.15) is 5.58 Å². The van der Waals surface area contributed by atoms with Crippen LogP contribution in [-0.4, -0.2) is 24.7 Å². The van der Waals surface area contributed by atoms with Crippen LogP contribution in [0.1, 0.15) is 9.68 Å². The van der Waals surface area contributed by atoms with Gasteiger partial charge in [0.15, 0.2) is 0 Å². The molecule has 9 rings (SSSR count). The second-order valence-corrected chi connectivity index (χ2v) is 10.4. The Labute approximate surface area is 283 Å². The van der Waals surface area contributed by atoms with E-state index in [2.05, 4.69) is 74.3 Å². The summed E-state index contributed by atoms with van der Waals surface area (Å²) in [7, 11) is 0. The van der Waals surface area contributed by atoms with Crippen molar-refractivity contribution >= 4 is 43.7 Å². The quantitative estimate of drug-likeness (QED) is 0.168. The molecule has 0 bridgehead atoms. The zero-order chi connectivity index (χ0) is 32.7. The van der Waals surface area contributed by atoms with Gasteiger partial charge in [0.25, 0.3) is 0 Å². The number of furan rings is 1. The average molecular weight is 775 g/mol. The predicted molar refractivity (Wildman–Crippen MR) is 179 cm³/mol. The zero-order valence-electron chi connectivity index (χ0n) is 27.2. The minimum absolute atomic E-state index is 0. The summed E-state index contributed by atoms with van der Waals surface area (Å²) < 4.78 is 30.3. The minimum Gasteiger partial charge on any atom is -0.500 e. The van der Waals surface area contributed by atoms with Gasteiger partial charge < -0.3 is 14.0 Å². The number of hydrogen-bond donors (Lipinski definition) is 0. The molecule has 0 aliphatic heterocycles. The molecular weight excluding hydrogens is 747 g/mol. The Morgan fingerprint density at radius 3 is 2.35 bits per heavy atom. The number of hydrogen-bond acceptors (Lipinski definition) is 5. The molecule has 0 amide bonds. The summed E-state index contributed by atoms with van der Waals surface area (Å²) in [5.41, 5.74) is 6.95. The molecule has 6 nitrogen and oxygen atoms in total. The summed E-state index contributed by atoms with van der Waals surface area (Å²) >= 11 is 0. The molecule has 0 aliphatic rings. The fourth-order valence-electron chi connectivity index (χ4n) is 5.59. The molecule has 7 heteroatoms. The fourth-order valence-corrected chi connectivity index (χ4v) is 5.59. The molecule has 9 aromatic rings. The first-order valence-electron chi connectivity index (χ1n) is 15.9. The van der Waals surface area contributed by atoms with E-state index in [4.69, 9.17) is 13.5 Å². The largest absolute Gasteiger partial charge is 0.500 e. The first-order valence-corrected chi connectivity index (χ1v) is 14.4. The molecule has 0 saturated carbocycles. The van der Waals surface area contributed by atoms with E-state index in [9.17, 15) is 0 Å². The molecule has 4 aromatic heterocycles. The number of rotatable bonds is 3. The zero-order valence-corrected chi connectivity index (χ0v) is 26.6. The van der Waals surface area contributed by atoms with Crippen LogP contribution in [0.4, 0.5) is 0 Å². The summed E-state index contributed by atoms with van der Waals surface area (Å²) in [5, 5.41) is 12.5. The van der Waals surface area contributed by atoms with E-state index in [-0.39, 0.29) is 25.7 Å². The number of benzene rings is 5. The summed E-state index contributed by atoms with van der Waals surface area (Å²) in [6.07, 6.45) is 4.82. The maximum absolute atomic E-state index is 7.23. The maximum atomic E-state index is 7.23. The average Bonchev–Trinajstić information content (AvgIpc) is 3.72. The second-order valence-electron chi connectivity index (χ2n) is 10.4. The second kappa shape index (κ2) is 12.5. The van der Waals surface area contributed by atoms with Gasteiger partial charge in [0.2, 0.25) is 0 Å². The summed E-state index contributed by atoms with van der Waals surface area (Å²) in [5.74, 6) is 0.745. The van der Waals surface area contributed by atoms with Crippen LogP contribution < -0.4 is 0 Å². The molecule has 0 saturated heterocycles. The Morgan fingerprint density at radius 1 is 0.696 bits per heavy atom. The van der Waals surface area contributed by atoms with Gasteiger partial charge in [-0.15, -0.1) is 54.1 Å².